The van der Waals surface area contributed by atoms with E-state index < -0.39 is 120 Å². The molecule has 10 atom stereocenters. The molecule has 10 rings (SSSR count). The number of alkyl halides is 8. The number of aliphatic hydroxyl groups is 2. The van der Waals surface area contributed by atoms with Gasteiger partial charge in [0.05, 0.1) is 50.4 Å². The first-order valence-electron chi connectivity index (χ1n) is 22.9. The summed E-state index contributed by atoms with van der Waals surface area (Å²) in [6, 6.07) is 14.1. The minimum Gasteiger partial charge on any atom is -0.460 e. The van der Waals surface area contributed by atoms with Gasteiger partial charge in [-0.25, -0.2) is 54.7 Å². The number of ether oxygens (including phenoxy) is 2. The van der Waals surface area contributed by atoms with Crippen molar-refractivity contribution in [3.8, 4) is 22.3 Å². The van der Waals surface area contributed by atoms with Gasteiger partial charge in [0, 0.05) is 91.1 Å². The summed E-state index contributed by atoms with van der Waals surface area (Å²) in [6.07, 6.45) is 9.48. The van der Waals surface area contributed by atoms with E-state index in [4.69, 9.17) is 21.1 Å². The smallest absolute Gasteiger partial charge is 0.339 e. The van der Waals surface area contributed by atoms with E-state index in [1.54, 1.807) is 99.3 Å². The number of aromatic nitrogens is 4. The number of cyclic esters (lactones) is 2. The number of hydrogen-bond acceptors (Lipinski definition) is 12. The Morgan fingerprint density at radius 1 is 0.653 bits per heavy atom. The SMILES string of the molecule is C[C@H]1OC(=O)[C@]2(O)CC(F)(F)[C@@H](C)[C@H](/C=C/c3ccc(-c4cccnc4Cl)cn3)[C@H]12.C[C@H]1OC(=O)[C@]2(O)CC(F)(F)[C@@H](C)[C@H](/C=C/c3ccc(-c4cccnc4N4CC(F)(F)C4)cn3)[C@H]12.FC1(F)CNC1.[Pd]. The summed E-state index contributed by atoms with van der Waals surface area (Å²) in [4.78, 5) is 42.8. The molecule has 4 aromatic heterocycles. The Bertz CT molecular complexity index is 2680. The number of pyridine rings is 4. The number of nitrogens with zero attached hydrogens (tertiary/aromatic N) is 5. The van der Waals surface area contributed by atoms with E-state index in [1.807, 2.05) is 12.1 Å². The van der Waals surface area contributed by atoms with Crippen LogP contribution in [0.15, 0.2) is 85.5 Å². The number of hydrogen-bond donors (Lipinski definition) is 3. The number of fused-ring (bicyclic) bond motifs is 2. The normalized spacial score (nSPS) is 32.3. The Morgan fingerprint density at radius 3 is 1.47 bits per heavy atom. The van der Waals surface area contributed by atoms with Crippen LogP contribution in [0.25, 0.3) is 34.4 Å². The molecule has 4 aromatic rings. The van der Waals surface area contributed by atoms with Crippen LogP contribution in [0.4, 0.5) is 40.9 Å². The number of halogens is 9. The second-order valence-electron chi connectivity index (χ2n) is 19.3. The Hall–Kier alpha value is -4.91. The molecule has 0 aromatic carbocycles. The van der Waals surface area contributed by atoms with Gasteiger partial charge in [0.15, 0.2) is 11.2 Å². The second-order valence-corrected chi connectivity index (χ2v) is 19.6. The third-order valence-corrected chi connectivity index (χ3v) is 14.7. The molecule has 0 bridgehead atoms. The molecular weight excluding hydrogens is 1070 g/mol. The maximum Gasteiger partial charge on any atom is 0.339 e. The number of carbonyl (C=O) groups is 2. The van der Waals surface area contributed by atoms with Crippen molar-refractivity contribution in [2.24, 2.45) is 35.5 Å². The topological polar surface area (TPSA) is 160 Å². The Labute approximate surface area is 428 Å². The maximum absolute atomic E-state index is 14.7. The van der Waals surface area contributed by atoms with Gasteiger partial charge < -0.3 is 29.9 Å². The van der Waals surface area contributed by atoms with Gasteiger partial charge in [0.2, 0.25) is 0 Å². The van der Waals surface area contributed by atoms with Crippen LogP contribution < -0.4 is 10.2 Å². The second kappa shape index (κ2) is 20.4. The van der Waals surface area contributed by atoms with Gasteiger partial charge in [-0.15, -0.1) is 0 Å². The zero-order chi connectivity index (χ0) is 51.5. The average molecular weight is 1130 g/mol. The first-order valence-corrected chi connectivity index (χ1v) is 23.3. The van der Waals surface area contributed by atoms with Crippen molar-refractivity contribution >= 4 is 41.5 Å². The van der Waals surface area contributed by atoms with Gasteiger partial charge in [0.1, 0.15) is 23.2 Å². The van der Waals surface area contributed by atoms with Crippen LogP contribution in [0.3, 0.4) is 0 Å². The van der Waals surface area contributed by atoms with E-state index >= 15 is 0 Å². The molecule has 0 amide bonds. The van der Waals surface area contributed by atoms with Crippen LogP contribution in [-0.2, 0) is 39.5 Å². The number of carbonyl (C=O) groups excluding carboxylic acids is 2. The fourth-order valence-corrected chi connectivity index (χ4v) is 10.6. The Morgan fingerprint density at radius 2 is 1.08 bits per heavy atom. The molecule has 72 heavy (non-hydrogen) atoms. The van der Waals surface area contributed by atoms with E-state index in [0.717, 1.165) is 11.1 Å². The molecule has 6 fully saturated rings. The average Bonchev–Trinajstić information content (AvgIpc) is 3.65. The van der Waals surface area contributed by atoms with Crippen molar-refractivity contribution in [2.75, 3.05) is 31.1 Å². The van der Waals surface area contributed by atoms with Crippen LogP contribution in [0.5, 0.6) is 0 Å². The third-order valence-electron chi connectivity index (χ3n) is 14.4. The van der Waals surface area contributed by atoms with Gasteiger partial charge in [-0.2, -0.15) is 0 Å². The monoisotopic (exact) mass is 1120 g/mol. The van der Waals surface area contributed by atoms with E-state index in [1.165, 1.54) is 18.7 Å². The van der Waals surface area contributed by atoms with Gasteiger partial charge in [0.25, 0.3) is 23.7 Å². The van der Waals surface area contributed by atoms with Crippen molar-refractivity contribution in [2.45, 2.75) is 87.6 Å². The molecule has 0 spiro atoms. The van der Waals surface area contributed by atoms with Crippen molar-refractivity contribution < 1.29 is 84.8 Å². The standard InChI is InChI=1S/C25H25F4N3O3.C22H21ClF2N2O3.C3H5F2N.Pd/c1-14-18(20-15(2)35-22(33)24(20,34)11-25(14,28)29)8-7-17-6-5-16(10-31-17)19-4-3-9-30-21(19)32-12-23(26,27)13-32;1-12-16(18-13(2)30-20(28)21(18,29)11-22(12,24)25)8-7-15-6-5-14(10-27-15)17-4-3-9-26-19(17)23;4-3(5)1-6-2-3;/h3-10,14-15,18,20,34H,11-13H2,1-2H3;3-10,12-13,16,18,29H,11H2,1-2H3;6H,1-2H2;/b2*8-7+;;/t14-,15+,18-,20-,24-;12-,13+,16-,18-,21-;;/m00../s1. The van der Waals surface area contributed by atoms with Crippen LogP contribution >= 0.6 is 11.6 Å². The minimum atomic E-state index is -3.25. The summed E-state index contributed by atoms with van der Waals surface area (Å²) < 4.78 is 119. The Kier molecular flexibility index (Phi) is 15.6. The molecule has 4 saturated heterocycles. The zero-order valence-corrected chi connectivity index (χ0v) is 41.4. The van der Waals surface area contributed by atoms with Crippen LogP contribution in [0.2, 0.25) is 5.15 Å². The van der Waals surface area contributed by atoms with E-state index in [2.05, 4.69) is 25.3 Å². The predicted octanol–water partition coefficient (Wildman–Crippen LogP) is 8.81. The first kappa shape index (κ1) is 54.9. The summed E-state index contributed by atoms with van der Waals surface area (Å²) >= 11 is 6.11. The van der Waals surface area contributed by atoms with Crippen molar-refractivity contribution in [3.05, 3.63) is 102 Å². The van der Waals surface area contributed by atoms with E-state index in [-0.39, 0.29) is 33.5 Å². The summed E-state index contributed by atoms with van der Waals surface area (Å²) in [6.45, 7) is 5.02. The minimum absolute atomic E-state index is 0. The molecule has 12 nitrogen and oxygen atoms in total. The first-order chi connectivity index (χ1) is 33.3. The molecule has 2 aliphatic carbocycles. The molecule has 0 radical (unpaired) electrons. The van der Waals surface area contributed by atoms with Gasteiger partial charge in [-0.3, -0.25) is 9.97 Å². The molecular formula is C50H51ClF8N6O6Pd. The molecule has 22 heteroatoms. The van der Waals surface area contributed by atoms with Crippen molar-refractivity contribution in [1.29, 1.82) is 0 Å². The quantitative estimate of drug-likeness (QED) is 0.0700. The van der Waals surface area contributed by atoms with Crippen LogP contribution in [0.1, 0.15) is 51.9 Å². The molecule has 4 aliphatic heterocycles. The molecule has 390 valence electrons. The number of anilines is 1. The predicted molar refractivity (Wildman–Crippen MR) is 245 cm³/mol. The molecule has 6 aliphatic rings. The Balaban J connectivity index is 0.000000188. The van der Waals surface area contributed by atoms with Gasteiger partial charge in [-0.1, -0.05) is 49.7 Å². The molecule has 8 heterocycles. The molecule has 2 saturated carbocycles. The van der Waals surface area contributed by atoms with Gasteiger partial charge in [-0.05, 0) is 74.2 Å². The summed E-state index contributed by atoms with van der Waals surface area (Å²) in [5.74, 6) is -18.4. The third kappa shape index (κ3) is 10.8. The van der Waals surface area contributed by atoms with Crippen molar-refractivity contribution in [1.82, 2.24) is 25.3 Å². The van der Waals surface area contributed by atoms with E-state index in [9.17, 15) is 54.9 Å². The van der Waals surface area contributed by atoms with E-state index in [0.29, 0.717) is 33.5 Å². The maximum atomic E-state index is 14.7. The molecule has 3 N–H and O–H groups in total. The fourth-order valence-electron chi connectivity index (χ4n) is 10.4. The van der Waals surface area contributed by atoms with Crippen molar-refractivity contribution in [3.63, 3.8) is 0 Å². The fraction of sp³-hybridized carbons (Fsp3) is 0.480. The zero-order valence-electron chi connectivity index (χ0n) is 39.1. The summed E-state index contributed by atoms with van der Waals surface area (Å²) in [5, 5.41) is 24.4. The largest absolute Gasteiger partial charge is 0.460 e. The van der Waals surface area contributed by atoms with Gasteiger partial charge >= 0.3 is 11.9 Å². The van der Waals surface area contributed by atoms with Crippen LogP contribution in [0, 0.1) is 35.5 Å². The number of nitrogens with one attached hydrogen (secondary N) is 1. The van der Waals surface area contributed by atoms with Crippen LogP contribution in [-0.4, -0.2) is 115 Å². The number of rotatable bonds is 7. The summed E-state index contributed by atoms with van der Waals surface area (Å²) in [7, 11) is 0. The summed E-state index contributed by atoms with van der Waals surface area (Å²) in [5.41, 5.74) is -0.518. The number of esters is 2. The molecule has 0 unspecified atom stereocenters. The number of allylic oxidation sites excluding steroid dienone is 2.